The highest BCUT2D eigenvalue weighted by Crippen LogP contribution is 2.26. The zero-order chi connectivity index (χ0) is 11.7. The van der Waals surface area contributed by atoms with E-state index in [2.05, 4.69) is 36.1 Å². The molecule has 4 heteroatoms. The Bertz CT molecular complexity index is 363. The molecule has 2 heterocycles. The Kier molecular flexibility index (Phi) is 3.30. The Labute approximate surface area is 97.6 Å². The number of aryl methyl sites for hydroxylation is 2. The third-order valence-corrected chi connectivity index (χ3v) is 3.68. The van der Waals surface area contributed by atoms with Gasteiger partial charge < -0.3 is 5.32 Å². The lowest BCUT2D eigenvalue weighted by Crippen LogP contribution is -2.44. The standard InChI is InChI=1S/C12H22N4/c1-9-12(10(2)15(4)14-9)11(3)16-7-5-13-6-8-16/h11,13H,5-8H2,1-4H3. The largest absolute Gasteiger partial charge is 0.314 e. The van der Waals surface area contributed by atoms with E-state index in [1.807, 2.05) is 11.7 Å². The monoisotopic (exact) mass is 222 g/mol. The summed E-state index contributed by atoms with van der Waals surface area (Å²) in [6.07, 6.45) is 0. The van der Waals surface area contributed by atoms with Crippen LogP contribution in [0, 0.1) is 13.8 Å². The van der Waals surface area contributed by atoms with Crippen molar-refractivity contribution in [2.75, 3.05) is 26.2 Å². The first-order valence-electron chi connectivity index (χ1n) is 6.06. The Morgan fingerprint density at radius 3 is 2.38 bits per heavy atom. The van der Waals surface area contributed by atoms with E-state index >= 15 is 0 Å². The van der Waals surface area contributed by atoms with Crippen LogP contribution in [0.25, 0.3) is 0 Å². The van der Waals surface area contributed by atoms with Crippen molar-refractivity contribution in [1.29, 1.82) is 0 Å². The van der Waals surface area contributed by atoms with Crippen molar-refractivity contribution < 1.29 is 0 Å². The molecule has 2 rings (SSSR count). The summed E-state index contributed by atoms with van der Waals surface area (Å²) in [4.78, 5) is 2.54. The van der Waals surface area contributed by atoms with Crippen LogP contribution in [-0.2, 0) is 7.05 Å². The quantitative estimate of drug-likeness (QED) is 0.810. The van der Waals surface area contributed by atoms with E-state index in [-0.39, 0.29) is 0 Å². The molecule has 1 aromatic heterocycles. The van der Waals surface area contributed by atoms with Gasteiger partial charge in [0.25, 0.3) is 0 Å². The lowest BCUT2D eigenvalue weighted by Gasteiger charge is -2.33. The lowest BCUT2D eigenvalue weighted by atomic mass is 10.0. The highest BCUT2D eigenvalue weighted by atomic mass is 15.3. The van der Waals surface area contributed by atoms with Gasteiger partial charge in [0, 0.05) is 50.5 Å². The fourth-order valence-corrected chi connectivity index (χ4v) is 2.65. The molecule has 0 bridgehead atoms. The van der Waals surface area contributed by atoms with Crippen LogP contribution in [0.5, 0.6) is 0 Å². The molecule has 4 nitrogen and oxygen atoms in total. The minimum absolute atomic E-state index is 0.482. The fraction of sp³-hybridized carbons (Fsp3) is 0.750. The molecule has 1 saturated heterocycles. The summed E-state index contributed by atoms with van der Waals surface area (Å²) < 4.78 is 1.99. The molecule has 1 unspecified atom stereocenters. The normalized spacial score (nSPS) is 20.0. The Hall–Kier alpha value is -0.870. The minimum Gasteiger partial charge on any atom is -0.314 e. The molecular weight excluding hydrogens is 200 g/mol. The Morgan fingerprint density at radius 1 is 1.25 bits per heavy atom. The van der Waals surface area contributed by atoms with E-state index in [0.29, 0.717) is 6.04 Å². The van der Waals surface area contributed by atoms with Gasteiger partial charge in [-0.1, -0.05) is 0 Å². The topological polar surface area (TPSA) is 33.1 Å². The molecule has 0 aliphatic carbocycles. The average molecular weight is 222 g/mol. The molecule has 1 aromatic rings. The number of aromatic nitrogens is 2. The molecule has 1 N–H and O–H groups in total. The predicted molar refractivity (Wildman–Crippen MR) is 65.5 cm³/mol. The lowest BCUT2D eigenvalue weighted by molar-refractivity contribution is 0.184. The number of hydrogen-bond donors (Lipinski definition) is 1. The van der Waals surface area contributed by atoms with Gasteiger partial charge in [0.15, 0.2) is 0 Å². The van der Waals surface area contributed by atoms with Gasteiger partial charge >= 0.3 is 0 Å². The van der Waals surface area contributed by atoms with Crippen LogP contribution >= 0.6 is 0 Å². The first-order valence-corrected chi connectivity index (χ1v) is 6.06. The number of nitrogens with one attached hydrogen (secondary N) is 1. The predicted octanol–water partition coefficient (Wildman–Crippen LogP) is 1.00. The molecule has 0 spiro atoms. The van der Waals surface area contributed by atoms with Gasteiger partial charge in [-0.3, -0.25) is 9.58 Å². The second-order valence-electron chi connectivity index (χ2n) is 4.67. The van der Waals surface area contributed by atoms with E-state index in [1.54, 1.807) is 0 Å². The van der Waals surface area contributed by atoms with Crippen molar-refractivity contribution >= 4 is 0 Å². The Balaban J connectivity index is 2.22. The molecule has 0 aromatic carbocycles. The number of piperazine rings is 1. The highest BCUT2D eigenvalue weighted by Gasteiger charge is 2.23. The molecule has 1 fully saturated rings. The number of rotatable bonds is 2. The van der Waals surface area contributed by atoms with Crippen molar-refractivity contribution in [3.05, 3.63) is 17.0 Å². The van der Waals surface area contributed by atoms with E-state index in [9.17, 15) is 0 Å². The maximum Gasteiger partial charge on any atom is 0.0644 e. The molecule has 1 aliphatic heterocycles. The third kappa shape index (κ3) is 1.99. The number of nitrogens with zero attached hydrogens (tertiary/aromatic N) is 3. The van der Waals surface area contributed by atoms with Gasteiger partial charge in [-0.15, -0.1) is 0 Å². The summed E-state index contributed by atoms with van der Waals surface area (Å²) in [7, 11) is 2.02. The van der Waals surface area contributed by atoms with Crippen molar-refractivity contribution in [3.63, 3.8) is 0 Å². The first kappa shape index (κ1) is 11.6. The fourth-order valence-electron chi connectivity index (χ4n) is 2.65. The van der Waals surface area contributed by atoms with Gasteiger partial charge in [0.05, 0.1) is 5.69 Å². The zero-order valence-electron chi connectivity index (χ0n) is 10.7. The first-order chi connectivity index (χ1) is 7.61. The van der Waals surface area contributed by atoms with E-state index in [1.165, 1.54) is 17.0 Å². The summed E-state index contributed by atoms with van der Waals surface area (Å²) in [6, 6.07) is 0.482. The summed E-state index contributed by atoms with van der Waals surface area (Å²) in [5, 5.41) is 7.89. The van der Waals surface area contributed by atoms with E-state index in [4.69, 9.17) is 0 Å². The molecular formula is C12H22N4. The highest BCUT2D eigenvalue weighted by molar-refractivity contribution is 5.27. The zero-order valence-corrected chi connectivity index (χ0v) is 10.7. The molecule has 16 heavy (non-hydrogen) atoms. The van der Waals surface area contributed by atoms with Crippen molar-refractivity contribution in [1.82, 2.24) is 20.0 Å². The van der Waals surface area contributed by atoms with Gasteiger partial charge in [-0.2, -0.15) is 5.10 Å². The molecule has 1 aliphatic rings. The average Bonchev–Trinajstić information content (AvgIpc) is 2.54. The van der Waals surface area contributed by atoms with Crippen LogP contribution in [0.1, 0.15) is 29.9 Å². The van der Waals surface area contributed by atoms with E-state index in [0.717, 1.165) is 26.2 Å². The van der Waals surface area contributed by atoms with Crippen molar-refractivity contribution in [2.24, 2.45) is 7.05 Å². The molecule has 90 valence electrons. The van der Waals surface area contributed by atoms with Crippen molar-refractivity contribution in [3.8, 4) is 0 Å². The summed E-state index contributed by atoms with van der Waals surface area (Å²) in [5.74, 6) is 0. The molecule has 1 atom stereocenters. The SMILES string of the molecule is Cc1nn(C)c(C)c1C(C)N1CCNCC1. The van der Waals surface area contributed by atoms with Crippen LogP contribution in [0.2, 0.25) is 0 Å². The smallest absolute Gasteiger partial charge is 0.0644 e. The maximum atomic E-state index is 4.50. The van der Waals surface area contributed by atoms with E-state index < -0.39 is 0 Å². The van der Waals surface area contributed by atoms with Gasteiger partial charge in [-0.25, -0.2) is 0 Å². The van der Waals surface area contributed by atoms with Crippen LogP contribution in [-0.4, -0.2) is 40.9 Å². The van der Waals surface area contributed by atoms with Crippen LogP contribution in [0.4, 0.5) is 0 Å². The maximum absolute atomic E-state index is 4.50. The van der Waals surface area contributed by atoms with Crippen LogP contribution in [0.15, 0.2) is 0 Å². The molecule has 0 saturated carbocycles. The molecule has 0 radical (unpaired) electrons. The summed E-state index contributed by atoms with van der Waals surface area (Å²) >= 11 is 0. The second-order valence-corrected chi connectivity index (χ2v) is 4.67. The van der Waals surface area contributed by atoms with Gasteiger partial charge in [-0.05, 0) is 20.8 Å². The van der Waals surface area contributed by atoms with Crippen LogP contribution < -0.4 is 5.32 Å². The Morgan fingerprint density at radius 2 is 1.88 bits per heavy atom. The second kappa shape index (κ2) is 4.55. The number of hydrogen-bond acceptors (Lipinski definition) is 3. The van der Waals surface area contributed by atoms with Crippen molar-refractivity contribution in [2.45, 2.75) is 26.8 Å². The summed E-state index contributed by atoms with van der Waals surface area (Å²) in [6.45, 7) is 11.0. The van der Waals surface area contributed by atoms with Gasteiger partial charge in [0.1, 0.15) is 0 Å². The van der Waals surface area contributed by atoms with Gasteiger partial charge in [0.2, 0.25) is 0 Å². The summed E-state index contributed by atoms with van der Waals surface area (Å²) in [5.41, 5.74) is 3.87. The third-order valence-electron chi connectivity index (χ3n) is 3.68. The minimum atomic E-state index is 0.482. The van der Waals surface area contributed by atoms with Crippen LogP contribution in [0.3, 0.4) is 0 Å². The molecule has 0 amide bonds.